The molecule has 0 spiro atoms. The minimum absolute atomic E-state index is 0. The summed E-state index contributed by atoms with van der Waals surface area (Å²) >= 11 is 1.72. The number of carbonyl (C=O) groups is 1. The van der Waals surface area contributed by atoms with Crippen molar-refractivity contribution in [3.05, 3.63) is 33.7 Å². The number of anilines is 1. The molecule has 1 saturated heterocycles. The lowest BCUT2D eigenvalue weighted by molar-refractivity contribution is 0.0209. The highest BCUT2D eigenvalue weighted by Gasteiger charge is 2.22. The number of thiazole rings is 1. The first-order chi connectivity index (χ1) is 13.6. The molecule has 11 heteroatoms. The Hall–Kier alpha value is -1.79. The topological polar surface area (TPSA) is 113 Å². The zero-order chi connectivity index (χ0) is 19.5. The van der Waals surface area contributed by atoms with Gasteiger partial charge >= 0.3 is 0 Å². The van der Waals surface area contributed by atoms with Gasteiger partial charge in [0.05, 0.1) is 36.1 Å². The molecule has 0 bridgehead atoms. The van der Waals surface area contributed by atoms with Crippen LogP contribution < -0.4 is 10.6 Å². The van der Waals surface area contributed by atoms with Gasteiger partial charge < -0.3 is 20.5 Å². The van der Waals surface area contributed by atoms with Gasteiger partial charge in [-0.1, -0.05) is 0 Å². The number of carbonyl (C=O) groups excluding carboxylic acids is 1. The fraction of sp³-hybridized carbons (Fsp3) is 0.556. The van der Waals surface area contributed by atoms with E-state index in [1.165, 1.54) is 16.9 Å². The minimum atomic E-state index is -0.647. The van der Waals surface area contributed by atoms with Gasteiger partial charge in [-0.2, -0.15) is 13.5 Å². The molecule has 0 aromatic carbocycles. The Morgan fingerprint density at radius 2 is 2.28 bits per heavy atom. The molecule has 3 N–H and O–H groups in total. The summed E-state index contributed by atoms with van der Waals surface area (Å²) < 4.78 is 5.11. The van der Waals surface area contributed by atoms with E-state index in [0.717, 1.165) is 24.5 Å². The highest BCUT2D eigenvalue weighted by molar-refractivity contribution is 7.59. The van der Waals surface area contributed by atoms with E-state index in [-0.39, 0.29) is 37.7 Å². The Bertz CT molecular complexity index is 845. The summed E-state index contributed by atoms with van der Waals surface area (Å²) in [5.41, 5.74) is 1.45. The Labute approximate surface area is 180 Å². The summed E-state index contributed by atoms with van der Waals surface area (Å²) in [5.74, 6) is 0.270. The van der Waals surface area contributed by atoms with Crippen LogP contribution in [-0.2, 0) is 17.7 Å². The first-order valence-corrected chi connectivity index (χ1v) is 10.2. The number of rotatable bonds is 7. The van der Waals surface area contributed by atoms with E-state index in [2.05, 4.69) is 30.5 Å². The molecule has 2 aliphatic heterocycles. The molecule has 29 heavy (non-hydrogen) atoms. The molecular formula is C18H26N6O3S2. The molecule has 158 valence electrons. The third-order valence-corrected chi connectivity index (χ3v) is 5.77. The van der Waals surface area contributed by atoms with Gasteiger partial charge in [0.25, 0.3) is 5.91 Å². The molecule has 4 heterocycles. The van der Waals surface area contributed by atoms with Crippen molar-refractivity contribution in [1.82, 2.24) is 25.2 Å². The van der Waals surface area contributed by atoms with Crippen LogP contribution in [0.5, 0.6) is 0 Å². The van der Waals surface area contributed by atoms with Crippen LogP contribution in [0.4, 0.5) is 5.82 Å². The maximum atomic E-state index is 12.3. The van der Waals surface area contributed by atoms with Crippen LogP contribution in [0.1, 0.15) is 26.1 Å². The molecule has 0 radical (unpaired) electrons. The average Bonchev–Trinajstić information content (AvgIpc) is 3.02. The van der Waals surface area contributed by atoms with E-state index >= 15 is 0 Å². The molecule has 4 rings (SSSR count). The number of amides is 1. The number of hydrogen-bond acceptors (Lipinski definition) is 9. The summed E-state index contributed by atoms with van der Waals surface area (Å²) in [7, 11) is 0. The van der Waals surface area contributed by atoms with Crippen molar-refractivity contribution in [2.75, 3.05) is 38.2 Å². The second-order valence-corrected chi connectivity index (χ2v) is 8.41. The zero-order valence-electron chi connectivity index (χ0n) is 16.2. The molecule has 2 aromatic rings. The fourth-order valence-corrected chi connectivity index (χ4v) is 4.31. The van der Waals surface area contributed by atoms with Gasteiger partial charge in [0.2, 0.25) is 0 Å². The highest BCUT2D eigenvalue weighted by atomic mass is 32.1. The Morgan fingerprint density at radius 1 is 1.45 bits per heavy atom. The van der Waals surface area contributed by atoms with Gasteiger partial charge in [0.1, 0.15) is 17.8 Å². The maximum absolute atomic E-state index is 12.3. The third-order valence-electron chi connectivity index (χ3n) is 4.77. The fourth-order valence-electron chi connectivity index (χ4n) is 3.29. The first-order valence-electron chi connectivity index (χ1n) is 9.37. The number of hydrogen-bond donors (Lipinski definition) is 3. The van der Waals surface area contributed by atoms with Crippen molar-refractivity contribution in [1.29, 1.82) is 0 Å². The van der Waals surface area contributed by atoms with Crippen LogP contribution in [0.25, 0.3) is 0 Å². The van der Waals surface area contributed by atoms with Gasteiger partial charge in [-0.15, -0.1) is 11.3 Å². The van der Waals surface area contributed by atoms with E-state index in [9.17, 15) is 9.90 Å². The number of aliphatic hydroxyl groups excluding tert-OH is 1. The van der Waals surface area contributed by atoms with E-state index in [1.54, 1.807) is 17.4 Å². The smallest absolute Gasteiger partial charge is 0.270 e. The standard InChI is InChI=1S/C18H24N6O3S.H2S/c1-11-22-14-2-3-24(7-16(14)28-11)6-13(25)5-19-18(26)15-4-17(21-10-20-15)23-12-8-27-9-12;/h4,10,12-13,25H,2-3,5-9H2,1H3,(H,19,26)(H,20,21,23);1H2/t13-;/m0./s1. The lowest BCUT2D eigenvalue weighted by Gasteiger charge is -2.28. The van der Waals surface area contributed by atoms with Crippen molar-refractivity contribution in [2.45, 2.75) is 32.0 Å². The number of aliphatic hydroxyl groups is 1. The quantitative estimate of drug-likeness (QED) is 0.566. The van der Waals surface area contributed by atoms with Crippen LogP contribution in [-0.4, -0.2) is 75.9 Å². The van der Waals surface area contributed by atoms with Crippen LogP contribution in [0.15, 0.2) is 12.4 Å². The number of ether oxygens (including phenoxy) is 1. The van der Waals surface area contributed by atoms with Crippen molar-refractivity contribution >= 4 is 36.6 Å². The summed E-state index contributed by atoms with van der Waals surface area (Å²) in [6, 6.07) is 1.83. The van der Waals surface area contributed by atoms with Crippen LogP contribution in [0, 0.1) is 6.92 Å². The molecule has 0 aliphatic carbocycles. The van der Waals surface area contributed by atoms with E-state index in [4.69, 9.17) is 4.74 Å². The van der Waals surface area contributed by atoms with Gasteiger partial charge in [-0.3, -0.25) is 9.69 Å². The predicted octanol–water partition coefficient (Wildman–Crippen LogP) is 0.314. The van der Waals surface area contributed by atoms with Crippen molar-refractivity contribution in [3.8, 4) is 0 Å². The number of nitrogens with one attached hydrogen (secondary N) is 2. The molecule has 2 aromatic heterocycles. The molecule has 2 aliphatic rings. The summed E-state index contributed by atoms with van der Waals surface area (Å²) in [5, 5.41) is 17.4. The summed E-state index contributed by atoms with van der Waals surface area (Å²) in [6.45, 7) is 5.64. The number of β-amino-alcohol motifs (C(OH)–C–C–N with tert-alkyl or cyclic N) is 1. The van der Waals surface area contributed by atoms with Crippen molar-refractivity contribution < 1.29 is 14.6 Å². The maximum Gasteiger partial charge on any atom is 0.270 e. The normalized spacial score (nSPS) is 17.6. The van der Waals surface area contributed by atoms with E-state index in [0.29, 0.717) is 25.6 Å². The average molecular weight is 439 g/mol. The van der Waals surface area contributed by atoms with Crippen LogP contribution in [0.2, 0.25) is 0 Å². The second kappa shape index (κ2) is 9.81. The van der Waals surface area contributed by atoms with E-state index < -0.39 is 6.10 Å². The number of aromatic nitrogens is 3. The second-order valence-electron chi connectivity index (χ2n) is 7.12. The first kappa shape index (κ1) is 21.9. The summed E-state index contributed by atoms with van der Waals surface area (Å²) in [4.78, 5) is 28.5. The Balaban J connectivity index is 0.00000240. The lowest BCUT2D eigenvalue weighted by atomic mass is 10.1. The summed E-state index contributed by atoms with van der Waals surface area (Å²) in [6.07, 6.45) is 1.61. The highest BCUT2D eigenvalue weighted by Crippen LogP contribution is 2.24. The van der Waals surface area contributed by atoms with Gasteiger partial charge in [0.15, 0.2) is 0 Å². The molecule has 1 amide bonds. The monoisotopic (exact) mass is 438 g/mol. The zero-order valence-corrected chi connectivity index (χ0v) is 18.0. The van der Waals surface area contributed by atoms with Crippen molar-refractivity contribution in [2.24, 2.45) is 0 Å². The minimum Gasteiger partial charge on any atom is -0.390 e. The van der Waals surface area contributed by atoms with Crippen molar-refractivity contribution in [3.63, 3.8) is 0 Å². The predicted molar refractivity (Wildman–Crippen MR) is 115 cm³/mol. The Kier molecular flexibility index (Phi) is 7.41. The number of nitrogens with zero attached hydrogens (tertiary/aromatic N) is 4. The number of aryl methyl sites for hydroxylation is 1. The molecule has 0 unspecified atom stereocenters. The van der Waals surface area contributed by atoms with Gasteiger partial charge in [-0.25, -0.2) is 15.0 Å². The van der Waals surface area contributed by atoms with Gasteiger partial charge in [0, 0.05) is 43.5 Å². The van der Waals surface area contributed by atoms with E-state index in [1.807, 2.05) is 6.92 Å². The SMILES string of the molecule is Cc1nc2c(s1)CN(C[C@@H](O)CNC(=O)c1cc(NC3COC3)ncn1)CC2.S. The van der Waals surface area contributed by atoms with Crippen LogP contribution in [0.3, 0.4) is 0 Å². The lowest BCUT2D eigenvalue weighted by Crippen LogP contribution is -2.42. The van der Waals surface area contributed by atoms with Crippen LogP contribution >= 0.6 is 24.8 Å². The largest absolute Gasteiger partial charge is 0.390 e. The third kappa shape index (κ3) is 5.64. The molecular weight excluding hydrogens is 412 g/mol. The number of fused-ring (bicyclic) bond motifs is 1. The molecule has 1 fully saturated rings. The molecule has 0 saturated carbocycles. The Morgan fingerprint density at radius 3 is 3.03 bits per heavy atom. The molecule has 9 nitrogen and oxygen atoms in total. The molecule has 1 atom stereocenters. The van der Waals surface area contributed by atoms with Gasteiger partial charge in [-0.05, 0) is 6.92 Å².